The molecule has 0 radical (unpaired) electrons. The lowest BCUT2D eigenvalue weighted by Crippen LogP contribution is -2.52. The number of rotatable bonds is 24. The van der Waals surface area contributed by atoms with E-state index in [1.54, 1.807) is 70.9 Å². The Labute approximate surface area is 713 Å². The Morgan fingerprint density at radius 3 is 1.47 bits per heavy atom. The topological polar surface area (TPSA) is 324 Å². The molecule has 5 N–H and O–H groups in total. The van der Waals surface area contributed by atoms with Crippen molar-refractivity contribution >= 4 is 150 Å². The summed E-state index contributed by atoms with van der Waals surface area (Å²) in [6.45, 7) is 20.3. The number of carboxylic acid groups (broad SMARTS) is 1. The Hall–Kier alpha value is -8.85. The van der Waals surface area contributed by atoms with Gasteiger partial charge in [0.05, 0.1) is 115 Å². The number of hydrogen-bond donors (Lipinski definition) is 5. The van der Waals surface area contributed by atoms with Gasteiger partial charge in [0.2, 0.25) is 0 Å². The van der Waals surface area contributed by atoms with Crippen molar-refractivity contribution in [1.29, 1.82) is 0 Å². The number of aliphatic hydroxyl groups is 1. The first-order valence-electron chi connectivity index (χ1n) is 38.7. The van der Waals surface area contributed by atoms with E-state index in [1.165, 1.54) is 70.2 Å². The van der Waals surface area contributed by atoms with Gasteiger partial charge in [-0.25, -0.2) is 42.5 Å². The maximum Gasteiger partial charge on any atom is 0.338 e. The van der Waals surface area contributed by atoms with Crippen LogP contribution in [0.5, 0.6) is 0 Å². The maximum atomic E-state index is 14.1. The molecule has 0 saturated carbocycles. The molecule has 7 aromatic rings. The molecule has 35 heteroatoms. The molecule has 118 heavy (non-hydrogen) atoms. The van der Waals surface area contributed by atoms with E-state index in [0.717, 1.165) is 33.3 Å². The molecule has 9 heterocycles. The minimum Gasteiger partial charge on any atom is -0.480 e. The standard InChI is InChI=1S/C28H28BrFN4O5S.C28H30BrFN4O4S.C27H33BrFN5O5/c1-3-15-5-8-19-22(11-15)40-26(32-19)25-31-20(13-34-9-10-38-14-21(34)27(35)36)23(28(37)39-4-2)24(33-25)17-7-6-16(30)12-18(17)29;1-3-16-5-8-21-23(11-16)39-27(32-21)26-31-22(13-34-9-10-37-15-18(34)14-35)24(28(36)38-4-2)25(33-26)19-7-6-17(30)12-20(19)29;1-5-37-25(35)21-20(14-34-10-11-38-17(13-34)15-39-26(36)27(2,3)4)32-24(23-30-8-9-31-23)33-22(21)18-7-6-16(29)12-19(18)28/h5-8,11-12,21,24H,3-4,9-10,13-14H2,1-2H3,(H,31,33)(H,35,36);5-8,11-12,18,25,35H,3-4,9-10,13-15H2,1-2H3,(H,31,33);6-8,12,17,22H,5,9-11,13-15H2,1-4H3,(H,32,33)/t;;17-,22?/m..1/s1. The average molecular weight is 1860 g/mol. The van der Waals surface area contributed by atoms with Crippen LogP contribution < -0.4 is 16.0 Å². The summed E-state index contributed by atoms with van der Waals surface area (Å²) in [6, 6.07) is 21.6. The Kier molecular flexibility index (Phi) is 30.3. The molecule has 0 spiro atoms. The summed E-state index contributed by atoms with van der Waals surface area (Å²) >= 11 is 13.4. The van der Waals surface area contributed by atoms with Crippen molar-refractivity contribution < 1.29 is 80.5 Å². The Balaban J connectivity index is 0.000000163. The lowest BCUT2D eigenvalue weighted by molar-refractivity contribution is -0.159. The number of ether oxygens (including phenoxy) is 7. The average Bonchev–Trinajstić information content (AvgIpc) is 0.799. The van der Waals surface area contributed by atoms with Gasteiger partial charge in [-0.1, -0.05) is 92.0 Å². The van der Waals surface area contributed by atoms with Gasteiger partial charge in [-0.3, -0.25) is 44.3 Å². The third kappa shape index (κ3) is 21.5. The van der Waals surface area contributed by atoms with Crippen LogP contribution in [0, 0.1) is 22.9 Å². The predicted octanol–water partition coefficient (Wildman–Crippen LogP) is 12.0. The van der Waals surface area contributed by atoms with Crippen LogP contribution >= 0.6 is 70.5 Å². The second-order valence-corrected chi connectivity index (χ2v) is 33.7. The molecule has 5 aromatic carbocycles. The van der Waals surface area contributed by atoms with Gasteiger partial charge in [-0.15, -0.1) is 22.7 Å². The van der Waals surface area contributed by atoms with Crippen molar-refractivity contribution in [2.24, 2.45) is 30.4 Å². The van der Waals surface area contributed by atoms with E-state index >= 15 is 0 Å². The van der Waals surface area contributed by atoms with Crippen LogP contribution in [0.25, 0.3) is 20.4 Å². The van der Waals surface area contributed by atoms with E-state index in [2.05, 4.69) is 116 Å². The van der Waals surface area contributed by atoms with Crippen LogP contribution in [-0.4, -0.2) is 231 Å². The van der Waals surface area contributed by atoms with Crippen molar-refractivity contribution in [1.82, 2.24) is 40.6 Å². The number of aromatic nitrogens is 2. The normalized spacial score (nSPS) is 20.6. The van der Waals surface area contributed by atoms with Gasteiger partial charge in [-0.05, 0) is 143 Å². The van der Waals surface area contributed by atoms with Gasteiger partial charge >= 0.3 is 29.8 Å². The van der Waals surface area contributed by atoms with Crippen LogP contribution in [0.2, 0.25) is 0 Å². The van der Waals surface area contributed by atoms with Crippen molar-refractivity contribution in [3.8, 4) is 0 Å². The number of morpholine rings is 3. The summed E-state index contributed by atoms with van der Waals surface area (Å²) in [7, 11) is 0. The fraction of sp³-hybridized carbons (Fsp3) is 0.422. The number of hydrogen-bond acceptors (Lipinski definition) is 28. The third-order valence-corrected chi connectivity index (χ3v) is 24.0. The van der Waals surface area contributed by atoms with Crippen molar-refractivity contribution in [3.63, 3.8) is 0 Å². The molecule has 0 amide bonds. The SMILES string of the molecule is CCOC(=O)C1=C(CN2CCOCC2C(=O)O)NC(c2nc3ccc(CC)cc3s2)=NC1c1ccc(F)cc1Br.CCOC(=O)C1=C(CN2CCOCC2CO)NC(c2nc3ccc(CC)cc3s2)=NC1c1ccc(F)cc1Br.CCOC(=O)C1=C(CN2CCO[C@@H](COC(=O)C(C)(C)C)C2)NC(C2=NCC=N2)=NC1c1ccc(F)cc1Br. The zero-order valence-electron chi connectivity index (χ0n) is 66.2. The molecule has 14 rings (SSSR count). The smallest absolute Gasteiger partial charge is 0.338 e. The van der Waals surface area contributed by atoms with Crippen LogP contribution in [-0.2, 0) is 70.0 Å². The Morgan fingerprint density at radius 1 is 0.576 bits per heavy atom. The van der Waals surface area contributed by atoms with Gasteiger partial charge < -0.3 is 59.3 Å². The highest BCUT2D eigenvalue weighted by Gasteiger charge is 2.41. The number of nitrogens with zero attached hydrogens (tertiary/aromatic N) is 10. The molecule has 0 bridgehead atoms. The number of aliphatic carboxylic acids is 1. The quantitative estimate of drug-likeness (QED) is 0.0277. The lowest BCUT2D eigenvalue weighted by Gasteiger charge is -2.37. The first kappa shape index (κ1) is 88.4. The Morgan fingerprint density at radius 2 is 1.03 bits per heavy atom. The number of aliphatic hydroxyl groups excluding tert-OH is 1. The lowest BCUT2D eigenvalue weighted by atomic mass is 9.95. The molecule has 626 valence electrons. The number of esters is 4. The monoisotopic (exact) mass is 1850 g/mol. The van der Waals surface area contributed by atoms with Gasteiger partial charge in [0.25, 0.3) is 0 Å². The highest BCUT2D eigenvalue weighted by Crippen LogP contribution is 2.42. The van der Waals surface area contributed by atoms with E-state index in [9.17, 15) is 47.4 Å². The van der Waals surface area contributed by atoms with Gasteiger partial charge in [0, 0.05) is 82.5 Å². The van der Waals surface area contributed by atoms with Gasteiger partial charge in [0.15, 0.2) is 33.4 Å². The zero-order valence-corrected chi connectivity index (χ0v) is 72.6. The van der Waals surface area contributed by atoms with Crippen molar-refractivity contribution in [2.75, 3.05) is 118 Å². The van der Waals surface area contributed by atoms with Crippen LogP contribution in [0.1, 0.15) is 111 Å². The first-order chi connectivity index (χ1) is 56.8. The molecule has 5 unspecified atom stereocenters. The summed E-state index contributed by atoms with van der Waals surface area (Å²) in [5, 5.41) is 31.1. The number of halogens is 6. The maximum absolute atomic E-state index is 14.1. The number of nitrogens with one attached hydrogen (secondary N) is 3. The molecule has 27 nitrogen and oxygen atoms in total. The van der Waals surface area contributed by atoms with Crippen LogP contribution in [0.4, 0.5) is 13.2 Å². The number of thiazole rings is 2. The minimum atomic E-state index is -1.02. The second kappa shape index (κ2) is 40.5. The second-order valence-electron chi connectivity index (χ2n) is 29.0. The summed E-state index contributed by atoms with van der Waals surface area (Å²) < 4.78 is 84.2. The number of carbonyl (C=O) groups excluding carboxylic acids is 4. The summed E-state index contributed by atoms with van der Waals surface area (Å²) in [6.07, 6.45) is 3.17. The number of carboxylic acids is 1. The third-order valence-electron chi connectivity index (χ3n) is 19.9. The van der Waals surface area contributed by atoms with E-state index in [-0.39, 0.29) is 69.9 Å². The molecule has 3 fully saturated rings. The van der Waals surface area contributed by atoms with Gasteiger partial charge in [0.1, 0.15) is 54.3 Å². The van der Waals surface area contributed by atoms with E-state index < -0.39 is 70.9 Å². The van der Waals surface area contributed by atoms with Crippen molar-refractivity contribution in [3.05, 3.63) is 194 Å². The molecule has 7 aliphatic heterocycles. The fourth-order valence-electron chi connectivity index (χ4n) is 13.9. The highest BCUT2D eigenvalue weighted by atomic mass is 79.9. The number of carbonyl (C=O) groups is 5. The van der Waals surface area contributed by atoms with E-state index in [4.69, 9.17) is 58.1 Å². The number of aryl methyl sites for hydroxylation is 2. The molecular formula is C83H91Br3F3N13O14S2. The predicted molar refractivity (Wildman–Crippen MR) is 454 cm³/mol. The van der Waals surface area contributed by atoms with Crippen molar-refractivity contribution in [2.45, 2.75) is 105 Å². The van der Waals surface area contributed by atoms with Crippen LogP contribution in [0.3, 0.4) is 0 Å². The number of amidine groups is 4. The molecule has 0 aliphatic carbocycles. The Bertz CT molecular complexity index is 5200. The molecule has 6 atom stereocenters. The van der Waals surface area contributed by atoms with Gasteiger partial charge in [-0.2, -0.15) is 0 Å². The number of fused-ring (bicyclic) bond motifs is 2. The molecular weight excluding hydrogens is 1760 g/mol. The first-order valence-corrected chi connectivity index (χ1v) is 42.7. The zero-order chi connectivity index (χ0) is 84.1. The summed E-state index contributed by atoms with van der Waals surface area (Å²) in [5.41, 5.74) is 7.80. The van der Waals surface area contributed by atoms with E-state index in [1.807, 2.05) is 18.2 Å². The van der Waals surface area contributed by atoms with Crippen LogP contribution in [0.15, 0.2) is 163 Å². The largest absolute Gasteiger partial charge is 0.480 e. The minimum absolute atomic E-state index is 0.0306. The number of aliphatic imine (C=N–C) groups is 5. The summed E-state index contributed by atoms with van der Waals surface area (Å²) in [5.74, 6) is -2.39. The van der Waals surface area contributed by atoms with E-state index in [0.29, 0.717) is 164 Å². The highest BCUT2D eigenvalue weighted by molar-refractivity contribution is 9.11. The molecule has 2 aromatic heterocycles. The molecule has 3 saturated heterocycles. The molecule has 7 aliphatic rings. The fourth-order valence-corrected chi connectivity index (χ4v) is 17.5. The number of benzene rings is 5. The summed E-state index contributed by atoms with van der Waals surface area (Å²) in [4.78, 5) is 103.